The van der Waals surface area contributed by atoms with Crippen molar-refractivity contribution in [2.45, 2.75) is 18.5 Å². The van der Waals surface area contributed by atoms with E-state index in [4.69, 9.17) is 0 Å². The molecule has 0 aromatic heterocycles. The lowest BCUT2D eigenvalue weighted by molar-refractivity contribution is -0.307. The second kappa shape index (κ2) is 5.28. The summed E-state index contributed by atoms with van der Waals surface area (Å²) in [6.07, 6.45) is -14.0. The number of methoxy groups -OCH3 is 1. The third kappa shape index (κ3) is 3.52. The molecule has 1 atom stereocenters. The number of aliphatic hydroxyl groups excluding tert-OH is 1. The Morgan fingerprint density at radius 2 is 1.47 bits per heavy atom. The Balaban J connectivity index is 3.24. The van der Waals surface area contributed by atoms with Gasteiger partial charge in [-0.25, -0.2) is 0 Å². The molecule has 0 radical (unpaired) electrons. The molecule has 8 heteroatoms. The van der Waals surface area contributed by atoms with Gasteiger partial charge in [0.25, 0.3) is 0 Å². The number of aliphatic hydroxyl groups is 1. The molecular weight excluding hydrogens is 278 g/mol. The standard InChI is InChI=1S/C11H10F6O2/c1-19-7-5-3-2-4-6(7)8(18)9(10(12,13)14)11(15,16)17/h2-5,8-9,18H,1H3. The fourth-order valence-electron chi connectivity index (χ4n) is 1.63. The van der Waals surface area contributed by atoms with Crippen LogP contribution in [-0.2, 0) is 0 Å². The van der Waals surface area contributed by atoms with Crippen LogP contribution in [0.4, 0.5) is 26.3 Å². The molecule has 0 aliphatic heterocycles. The van der Waals surface area contributed by atoms with Crippen LogP contribution in [0.15, 0.2) is 24.3 Å². The first-order valence-electron chi connectivity index (χ1n) is 5.03. The zero-order valence-electron chi connectivity index (χ0n) is 9.59. The van der Waals surface area contributed by atoms with Crippen LogP contribution in [0, 0.1) is 5.92 Å². The lowest BCUT2D eigenvalue weighted by Gasteiger charge is -2.28. The van der Waals surface area contributed by atoms with E-state index in [2.05, 4.69) is 4.74 Å². The van der Waals surface area contributed by atoms with E-state index in [1.54, 1.807) is 0 Å². The van der Waals surface area contributed by atoms with Gasteiger partial charge in [0, 0.05) is 5.56 Å². The van der Waals surface area contributed by atoms with Crippen molar-refractivity contribution in [3.8, 4) is 5.75 Å². The van der Waals surface area contributed by atoms with Crippen molar-refractivity contribution in [3.05, 3.63) is 29.8 Å². The van der Waals surface area contributed by atoms with Crippen molar-refractivity contribution in [1.82, 2.24) is 0 Å². The molecule has 1 N–H and O–H groups in total. The highest BCUT2D eigenvalue weighted by Crippen LogP contribution is 2.47. The second-order valence-electron chi connectivity index (χ2n) is 3.75. The average molecular weight is 288 g/mol. The molecular formula is C11H10F6O2. The van der Waals surface area contributed by atoms with Crippen LogP contribution >= 0.6 is 0 Å². The average Bonchev–Trinajstić information content (AvgIpc) is 2.24. The number of benzene rings is 1. The molecule has 0 spiro atoms. The van der Waals surface area contributed by atoms with Crippen LogP contribution in [0.5, 0.6) is 5.75 Å². The zero-order valence-corrected chi connectivity index (χ0v) is 9.59. The van der Waals surface area contributed by atoms with Crippen molar-refractivity contribution in [2.75, 3.05) is 7.11 Å². The Bertz CT molecular complexity index is 412. The molecule has 0 bridgehead atoms. The SMILES string of the molecule is COc1ccccc1C(O)C(C(F)(F)F)C(F)(F)F. The number of alkyl halides is 6. The highest BCUT2D eigenvalue weighted by Gasteiger charge is 2.60. The predicted octanol–water partition coefficient (Wildman–Crippen LogP) is 3.47. The number of rotatable bonds is 3. The highest BCUT2D eigenvalue weighted by molar-refractivity contribution is 5.35. The Labute approximate surface area is 104 Å². The maximum atomic E-state index is 12.5. The summed E-state index contributed by atoms with van der Waals surface area (Å²) >= 11 is 0. The van der Waals surface area contributed by atoms with E-state index in [0.717, 1.165) is 13.2 Å². The largest absolute Gasteiger partial charge is 0.496 e. The molecule has 108 valence electrons. The monoisotopic (exact) mass is 288 g/mol. The first-order valence-corrected chi connectivity index (χ1v) is 5.03. The quantitative estimate of drug-likeness (QED) is 0.863. The number of halogens is 6. The fraction of sp³-hybridized carbons (Fsp3) is 0.455. The molecule has 0 saturated heterocycles. The molecule has 0 aliphatic carbocycles. The Morgan fingerprint density at radius 3 is 1.89 bits per heavy atom. The first-order chi connectivity index (χ1) is 8.59. The van der Waals surface area contributed by atoms with Crippen LogP contribution in [0.2, 0.25) is 0 Å². The van der Waals surface area contributed by atoms with Crippen molar-refractivity contribution in [3.63, 3.8) is 0 Å². The predicted molar refractivity (Wildman–Crippen MR) is 53.6 cm³/mol. The van der Waals surface area contributed by atoms with Gasteiger partial charge in [-0.1, -0.05) is 18.2 Å². The van der Waals surface area contributed by atoms with Crippen LogP contribution < -0.4 is 4.74 Å². The van der Waals surface area contributed by atoms with E-state index < -0.39 is 29.9 Å². The van der Waals surface area contributed by atoms with Crippen LogP contribution in [0.25, 0.3) is 0 Å². The Kier molecular flexibility index (Phi) is 4.34. The second-order valence-corrected chi connectivity index (χ2v) is 3.75. The van der Waals surface area contributed by atoms with E-state index in [0.29, 0.717) is 0 Å². The van der Waals surface area contributed by atoms with Gasteiger partial charge in [-0.05, 0) is 6.07 Å². The van der Waals surface area contributed by atoms with Crippen molar-refractivity contribution in [2.24, 2.45) is 5.92 Å². The van der Waals surface area contributed by atoms with Gasteiger partial charge in [0.1, 0.15) is 11.9 Å². The summed E-state index contributed by atoms with van der Waals surface area (Å²) < 4.78 is 79.4. The molecule has 1 unspecified atom stereocenters. The summed E-state index contributed by atoms with van der Waals surface area (Å²) in [5.74, 6) is -4.11. The Hall–Kier alpha value is -1.44. The maximum Gasteiger partial charge on any atom is 0.403 e. The normalized spacial score (nSPS) is 14.6. The van der Waals surface area contributed by atoms with Crippen molar-refractivity contribution >= 4 is 0 Å². The first kappa shape index (κ1) is 15.6. The van der Waals surface area contributed by atoms with Gasteiger partial charge in [-0.3, -0.25) is 0 Å². The minimum atomic E-state index is -5.61. The van der Waals surface area contributed by atoms with Crippen LogP contribution in [0.3, 0.4) is 0 Å². The van der Waals surface area contributed by atoms with Crippen molar-refractivity contribution in [1.29, 1.82) is 0 Å². The van der Waals surface area contributed by atoms with E-state index in [1.807, 2.05) is 0 Å². The number of ether oxygens (including phenoxy) is 1. The van der Waals surface area contributed by atoms with Gasteiger partial charge in [0.05, 0.1) is 7.11 Å². The third-order valence-electron chi connectivity index (χ3n) is 2.48. The van der Waals surface area contributed by atoms with Crippen LogP contribution in [0.1, 0.15) is 11.7 Å². The topological polar surface area (TPSA) is 29.5 Å². The minimum absolute atomic E-state index is 0.242. The number of para-hydroxylation sites is 1. The van der Waals surface area contributed by atoms with Crippen molar-refractivity contribution < 1.29 is 36.2 Å². The smallest absolute Gasteiger partial charge is 0.403 e. The number of hydrogen-bond donors (Lipinski definition) is 1. The molecule has 0 aliphatic rings. The summed E-state index contributed by atoms with van der Waals surface area (Å²) in [7, 11) is 1.09. The summed E-state index contributed by atoms with van der Waals surface area (Å²) in [5.41, 5.74) is -0.565. The summed E-state index contributed by atoms with van der Waals surface area (Å²) in [6, 6.07) is 4.70. The zero-order chi connectivity index (χ0) is 14.8. The van der Waals surface area contributed by atoms with Gasteiger partial charge < -0.3 is 9.84 Å². The fourth-order valence-corrected chi connectivity index (χ4v) is 1.63. The molecule has 1 rings (SSSR count). The van der Waals surface area contributed by atoms with Gasteiger partial charge in [0.15, 0.2) is 5.92 Å². The van der Waals surface area contributed by atoms with Crippen LogP contribution in [-0.4, -0.2) is 24.6 Å². The molecule has 0 fully saturated rings. The lowest BCUT2D eigenvalue weighted by Crippen LogP contribution is -2.41. The van der Waals surface area contributed by atoms with E-state index >= 15 is 0 Å². The lowest BCUT2D eigenvalue weighted by atomic mass is 9.94. The van der Waals surface area contributed by atoms with E-state index in [-0.39, 0.29) is 5.75 Å². The minimum Gasteiger partial charge on any atom is -0.496 e. The third-order valence-corrected chi connectivity index (χ3v) is 2.48. The summed E-state index contributed by atoms with van der Waals surface area (Å²) in [6.45, 7) is 0. The van der Waals surface area contributed by atoms with Gasteiger partial charge >= 0.3 is 12.4 Å². The Morgan fingerprint density at radius 1 is 1.00 bits per heavy atom. The van der Waals surface area contributed by atoms with Gasteiger partial charge in [-0.15, -0.1) is 0 Å². The molecule has 0 amide bonds. The molecule has 0 saturated carbocycles. The molecule has 19 heavy (non-hydrogen) atoms. The van der Waals surface area contributed by atoms with E-state index in [1.165, 1.54) is 18.2 Å². The van der Waals surface area contributed by atoms with Gasteiger partial charge in [0.2, 0.25) is 0 Å². The maximum absolute atomic E-state index is 12.5. The highest BCUT2D eigenvalue weighted by atomic mass is 19.4. The molecule has 2 nitrogen and oxygen atoms in total. The molecule has 1 aromatic carbocycles. The number of hydrogen-bond acceptors (Lipinski definition) is 2. The summed E-state index contributed by atoms with van der Waals surface area (Å²) in [5, 5.41) is 9.44. The van der Waals surface area contributed by atoms with E-state index in [9.17, 15) is 31.4 Å². The summed E-state index contributed by atoms with van der Waals surface area (Å²) in [4.78, 5) is 0. The van der Waals surface area contributed by atoms with Gasteiger partial charge in [-0.2, -0.15) is 26.3 Å². The molecule has 0 heterocycles. The molecule has 1 aromatic rings.